The van der Waals surface area contributed by atoms with Crippen molar-refractivity contribution in [1.29, 1.82) is 5.26 Å². The molecule has 0 aliphatic rings. The third-order valence-electron chi connectivity index (χ3n) is 4.54. The molecule has 170 valence electrons. The highest BCUT2D eigenvalue weighted by Gasteiger charge is 2.13. The molecule has 0 saturated heterocycles. The van der Waals surface area contributed by atoms with Gasteiger partial charge >= 0.3 is 0 Å². The van der Waals surface area contributed by atoms with Gasteiger partial charge in [0.05, 0.1) is 20.3 Å². The second-order valence-electron chi connectivity index (χ2n) is 7.22. The minimum absolute atomic E-state index is 0.0836. The number of nitrogens with zero attached hydrogens (tertiary/aromatic N) is 2. The fourth-order valence-corrected chi connectivity index (χ4v) is 2.95. The Balaban J connectivity index is 1.57. The molecule has 1 amide bonds. The maximum Gasteiger partial charge on any atom is 0.267 e. The molecule has 0 radical (unpaired) electrons. The predicted molar refractivity (Wildman–Crippen MR) is 123 cm³/mol. The number of methoxy groups -OCH3 is 1. The summed E-state index contributed by atoms with van der Waals surface area (Å²) >= 11 is 0. The van der Waals surface area contributed by atoms with Gasteiger partial charge in [-0.15, -0.1) is 0 Å². The van der Waals surface area contributed by atoms with E-state index in [0.29, 0.717) is 42.5 Å². The van der Waals surface area contributed by atoms with Crippen LogP contribution in [0.1, 0.15) is 23.3 Å². The first-order chi connectivity index (χ1) is 16.0. The van der Waals surface area contributed by atoms with Gasteiger partial charge in [-0.25, -0.2) is 0 Å². The molecule has 1 N–H and O–H groups in total. The first-order valence-corrected chi connectivity index (χ1v) is 10.4. The number of carbonyl (C=O) groups is 1. The Hall–Kier alpha value is -4.25. The number of aryl methyl sites for hydroxylation is 2. The second-order valence-corrected chi connectivity index (χ2v) is 7.22. The molecule has 1 heterocycles. The third kappa shape index (κ3) is 6.87. The van der Waals surface area contributed by atoms with Crippen LogP contribution in [0.15, 0.2) is 58.6 Å². The molecule has 0 atom stereocenters. The van der Waals surface area contributed by atoms with Crippen LogP contribution in [0.25, 0.3) is 6.08 Å². The van der Waals surface area contributed by atoms with Gasteiger partial charge in [0.1, 0.15) is 23.2 Å². The zero-order chi connectivity index (χ0) is 23.6. The second kappa shape index (κ2) is 11.4. The summed E-state index contributed by atoms with van der Waals surface area (Å²) in [5.41, 5.74) is 1.68. The lowest BCUT2D eigenvalue weighted by Crippen LogP contribution is -2.13. The van der Waals surface area contributed by atoms with Crippen molar-refractivity contribution in [2.45, 2.75) is 20.3 Å². The number of carbonyl (C=O) groups excluding carboxylic acids is 1. The number of hydrogen-bond donors (Lipinski definition) is 1. The smallest absolute Gasteiger partial charge is 0.267 e. The molecule has 0 saturated carbocycles. The lowest BCUT2D eigenvalue weighted by Gasteiger charge is -2.12. The number of aromatic nitrogens is 1. The van der Waals surface area contributed by atoms with Gasteiger partial charge in [-0.1, -0.05) is 23.4 Å². The average Bonchev–Trinajstić information content (AvgIpc) is 3.22. The van der Waals surface area contributed by atoms with Crippen LogP contribution in [0.2, 0.25) is 0 Å². The van der Waals surface area contributed by atoms with E-state index >= 15 is 0 Å². The molecule has 2 aromatic carbocycles. The number of amides is 1. The minimum Gasteiger partial charge on any atom is -0.493 e. The molecular formula is C25H25N3O5. The number of nitrogens with one attached hydrogen (secondary N) is 1. The van der Waals surface area contributed by atoms with E-state index in [1.54, 1.807) is 31.2 Å². The first kappa shape index (κ1) is 23.4. The summed E-state index contributed by atoms with van der Waals surface area (Å²) in [6, 6.07) is 16.5. The average molecular weight is 447 g/mol. The van der Waals surface area contributed by atoms with Gasteiger partial charge in [-0.2, -0.15) is 5.26 Å². The van der Waals surface area contributed by atoms with E-state index in [-0.39, 0.29) is 11.4 Å². The summed E-state index contributed by atoms with van der Waals surface area (Å²) in [5, 5.41) is 15.6. The summed E-state index contributed by atoms with van der Waals surface area (Å²) < 4.78 is 21.9. The largest absolute Gasteiger partial charge is 0.493 e. The van der Waals surface area contributed by atoms with E-state index in [0.717, 1.165) is 11.3 Å². The summed E-state index contributed by atoms with van der Waals surface area (Å²) in [6.07, 6.45) is 2.16. The zero-order valence-corrected chi connectivity index (χ0v) is 18.8. The Labute approximate surface area is 192 Å². The summed E-state index contributed by atoms with van der Waals surface area (Å²) in [7, 11) is 1.53. The van der Waals surface area contributed by atoms with E-state index in [1.807, 2.05) is 37.3 Å². The standard InChI is InChI=1S/C25H25N3O5/c1-17-6-4-7-21(12-17)31-10-5-11-32-22-9-8-19(15-23(22)30-3)14-20(16-26)25(29)27-24-13-18(2)33-28-24/h4,6-9,12-15H,5,10-11H2,1-3H3,(H,27,28,29)/b20-14-. The summed E-state index contributed by atoms with van der Waals surface area (Å²) in [4.78, 5) is 12.4. The Kier molecular flexibility index (Phi) is 8.08. The first-order valence-electron chi connectivity index (χ1n) is 10.4. The molecule has 0 bridgehead atoms. The van der Waals surface area contributed by atoms with Gasteiger partial charge in [0.25, 0.3) is 5.91 Å². The van der Waals surface area contributed by atoms with Gasteiger partial charge in [0.2, 0.25) is 0 Å². The van der Waals surface area contributed by atoms with Gasteiger partial charge in [0.15, 0.2) is 17.3 Å². The van der Waals surface area contributed by atoms with Crippen LogP contribution in [0.5, 0.6) is 17.2 Å². The number of hydrogen-bond acceptors (Lipinski definition) is 7. The zero-order valence-electron chi connectivity index (χ0n) is 18.8. The SMILES string of the molecule is COc1cc(/C=C(/C#N)C(=O)Nc2cc(C)on2)ccc1OCCCOc1cccc(C)c1. The molecule has 8 heteroatoms. The van der Waals surface area contributed by atoms with E-state index in [4.69, 9.17) is 18.7 Å². The molecule has 33 heavy (non-hydrogen) atoms. The van der Waals surface area contributed by atoms with Crippen molar-refractivity contribution in [3.8, 4) is 23.3 Å². The van der Waals surface area contributed by atoms with Crippen LogP contribution in [0.4, 0.5) is 5.82 Å². The van der Waals surface area contributed by atoms with E-state index in [1.165, 1.54) is 13.2 Å². The van der Waals surface area contributed by atoms with Crippen molar-refractivity contribution in [2.24, 2.45) is 0 Å². The van der Waals surface area contributed by atoms with Crippen LogP contribution < -0.4 is 19.5 Å². The molecular weight excluding hydrogens is 422 g/mol. The Bertz CT molecular complexity index is 1180. The Morgan fingerprint density at radius 2 is 1.94 bits per heavy atom. The molecule has 0 aliphatic heterocycles. The molecule has 1 aromatic heterocycles. The van der Waals surface area contributed by atoms with E-state index in [2.05, 4.69) is 10.5 Å². The van der Waals surface area contributed by atoms with Crippen LogP contribution in [0, 0.1) is 25.2 Å². The van der Waals surface area contributed by atoms with Crippen molar-refractivity contribution in [1.82, 2.24) is 5.16 Å². The van der Waals surface area contributed by atoms with Crippen LogP contribution in [-0.2, 0) is 4.79 Å². The number of anilines is 1. The van der Waals surface area contributed by atoms with Crippen LogP contribution >= 0.6 is 0 Å². The van der Waals surface area contributed by atoms with Crippen molar-refractivity contribution >= 4 is 17.8 Å². The lowest BCUT2D eigenvalue weighted by molar-refractivity contribution is -0.112. The fraction of sp³-hybridized carbons (Fsp3) is 0.240. The number of rotatable bonds is 10. The quantitative estimate of drug-likeness (QED) is 0.273. The topological polar surface area (TPSA) is 107 Å². The van der Waals surface area contributed by atoms with Gasteiger partial charge in [0, 0.05) is 12.5 Å². The number of ether oxygens (including phenoxy) is 3. The molecule has 0 aliphatic carbocycles. The van der Waals surface area contributed by atoms with Gasteiger partial charge < -0.3 is 24.1 Å². The Morgan fingerprint density at radius 1 is 1.12 bits per heavy atom. The lowest BCUT2D eigenvalue weighted by atomic mass is 10.1. The summed E-state index contributed by atoms with van der Waals surface area (Å²) in [5.74, 6) is 2.10. The van der Waals surface area contributed by atoms with Crippen molar-refractivity contribution in [3.05, 3.63) is 71.0 Å². The van der Waals surface area contributed by atoms with E-state index in [9.17, 15) is 10.1 Å². The molecule has 3 rings (SSSR count). The molecule has 8 nitrogen and oxygen atoms in total. The number of nitriles is 1. The molecule has 0 spiro atoms. The summed E-state index contributed by atoms with van der Waals surface area (Å²) in [6.45, 7) is 4.69. The monoisotopic (exact) mass is 447 g/mol. The molecule has 0 unspecified atom stereocenters. The highest BCUT2D eigenvalue weighted by Crippen LogP contribution is 2.29. The van der Waals surface area contributed by atoms with Crippen LogP contribution in [0.3, 0.4) is 0 Å². The van der Waals surface area contributed by atoms with E-state index < -0.39 is 5.91 Å². The van der Waals surface area contributed by atoms with Gasteiger partial charge in [-0.3, -0.25) is 4.79 Å². The normalized spacial score (nSPS) is 10.9. The maximum absolute atomic E-state index is 12.4. The molecule has 0 fully saturated rings. The third-order valence-corrected chi connectivity index (χ3v) is 4.54. The Morgan fingerprint density at radius 3 is 2.64 bits per heavy atom. The maximum atomic E-state index is 12.4. The van der Waals surface area contributed by atoms with Crippen LogP contribution in [-0.4, -0.2) is 31.4 Å². The van der Waals surface area contributed by atoms with Gasteiger partial charge in [-0.05, 0) is 55.3 Å². The minimum atomic E-state index is -0.585. The highest BCUT2D eigenvalue weighted by molar-refractivity contribution is 6.09. The van der Waals surface area contributed by atoms with Crippen molar-refractivity contribution in [3.63, 3.8) is 0 Å². The number of benzene rings is 2. The van der Waals surface area contributed by atoms with Crippen molar-refractivity contribution in [2.75, 3.05) is 25.6 Å². The highest BCUT2D eigenvalue weighted by atomic mass is 16.5. The molecule has 3 aromatic rings. The van der Waals surface area contributed by atoms with Crippen molar-refractivity contribution < 1.29 is 23.5 Å². The fourth-order valence-electron chi connectivity index (χ4n) is 2.95. The predicted octanol–water partition coefficient (Wildman–Crippen LogP) is 4.69.